The van der Waals surface area contributed by atoms with Crippen molar-refractivity contribution in [1.82, 2.24) is 25.4 Å². The van der Waals surface area contributed by atoms with E-state index in [1.807, 2.05) is 12.1 Å². The van der Waals surface area contributed by atoms with Gasteiger partial charge in [-0.25, -0.2) is 0 Å². The van der Waals surface area contributed by atoms with Crippen LogP contribution >= 0.6 is 11.6 Å². The summed E-state index contributed by atoms with van der Waals surface area (Å²) < 4.78 is 10.5. The number of hydrogen-bond donors (Lipinski definition) is 0. The lowest BCUT2D eigenvalue weighted by Gasteiger charge is -1.95. The smallest absolute Gasteiger partial charge is 0.204 e. The number of halogens is 1. The number of aromatic nitrogens is 5. The SMILES string of the molecule is Clc1cccc(-c2nnn(Cc3cc(-c4ccco4)on3)n2)c1. The third-order valence-electron chi connectivity index (χ3n) is 3.16. The summed E-state index contributed by atoms with van der Waals surface area (Å²) in [5, 5.41) is 17.0. The molecule has 0 aliphatic carbocycles. The topological polar surface area (TPSA) is 82.8 Å². The van der Waals surface area contributed by atoms with Gasteiger partial charge in [-0.1, -0.05) is 28.9 Å². The Morgan fingerprint density at radius 1 is 1.09 bits per heavy atom. The summed E-state index contributed by atoms with van der Waals surface area (Å²) in [5.41, 5.74) is 1.48. The van der Waals surface area contributed by atoms with E-state index in [0.29, 0.717) is 34.6 Å². The first-order valence-corrected chi connectivity index (χ1v) is 7.19. The molecule has 8 heteroatoms. The van der Waals surface area contributed by atoms with Gasteiger partial charge in [-0.15, -0.1) is 10.2 Å². The molecule has 23 heavy (non-hydrogen) atoms. The van der Waals surface area contributed by atoms with E-state index in [4.69, 9.17) is 20.5 Å². The molecule has 0 unspecified atom stereocenters. The lowest BCUT2D eigenvalue weighted by Crippen LogP contribution is -2.04. The highest BCUT2D eigenvalue weighted by Crippen LogP contribution is 2.21. The van der Waals surface area contributed by atoms with Crippen LogP contribution in [0.5, 0.6) is 0 Å². The molecule has 0 aliphatic rings. The number of benzene rings is 1. The van der Waals surface area contributed by atoms with Crippen LogP contribution in [-0.4, -0.2) is 25.4 Å². The van der Waals surface area contributed by atoms with Crippen molar-refractivity contribution in [3.05, 3.63) is 59.4 Å². The van der Waals surface area contributed by atoms with Crippen molar-refractivity contribution in [3.8, 4) is 22.9 Å². The van der Waals surface area contributed by atoms with E-state index in [0.717, 1.165) is 5.56 Å². The Kier molecular flexibility index (Phi) is 3.39. The van der Waals surface area contributed by atoms with E-state index in [1.54, 1.807) is 36.6 Å². The molecule has 0 saturated heterocycles. The van der Waals surface area contributed by atoms with Gasteiger partial charge in [0.2, 0.25) is 11.6 Å². The summed E-state index contributed by atoms with van der Waals surface area (Å²) >= 11 is 5.97. The average molecular weight is 328 g/mol. The predicted octanol–water partition coefficient (Wildman–Crippen LogP) is 3.29. The largest absolute Gasteiger partial charge is 0.461 e. The molecule has 0 atom stereocenters. The lowest BCUT2D eigenvalue weighted by molar-refractivity contribution is 0.404. The minimum absolute atomic E-state index is 0.345. The van der Waals surface area contributed by atoms with Gasteiger partial charge in [0.15, 0.2) is 5.76 Å². The van der Waals surface area contributed by atoms with Gasteiger partial charge in [0, 0.05) is 16.7 Å². The van der Waals surface area contributed by atoms with Gasteiger partial charge in [0.05, 0.1) is 6.26 Å². The molecule has 3 aromatic heterocycles. The zero-order valence-electron chi connectivity index (χ0n) is 11.8. The Balaban J connectivity index is 1.54. The molecular formula is C15H10ClN5O2. The standard InChI is InChI=1S/C15H10ClN5O2/c16-11-4-1-3-10(7-11)15-17-20-21(18-15)9-12-8-14(23-19-12)13-5-2-6-22-13/h1-8H,9H2. The van der Waals surface area contributed by atoms with Crippen LogP contribution in [0.25, 0.3) is 22.9 Å². The fraction of sp³-hybridized carbons (Fsp3) is 0.0667. The van der Waals surface area contributed by atoms with E-state index in [-0.39, 0.29) is 0 Å². The molecule has 114 valence electrons. The van der Waals surface area contributed by atoms with Crippen molar-refractivity contribution < 1.29 is 8.94 Å². The van der Waals surface area contributed by atoms with Crippen molar-refractivity contribution in [1.29, 1.82) is 0 Å². The molecule has 0 spiro atoms. The number of hydrogen-bond acceptors (Lipinski definition) is 6. The summed E-state index contributed by atoms with van der Waals surface area (Å²) in [6.45, 7) is 0.345. The minimum atomic E-state index is 0.345. The Bertz CT molecular complexity index is 929. The molecule has 1 aromatic carbocycles. The van der Waals surface area contributed by atoms with Gasteiger partial charge in [-0.2, -0.15) is 4.80 Å². The molecule has 4 aromatic rings. The normalized spacial score (nSPS) is 11.0. The maximum absolute atomic E-state index is 5.97. The van der Waals surface area contributed by atoms with E-state index in [9.17, 15) is 0 Å². The van der Waals surface area contributed by atoms with Gasteiger partial charge in [-0.3, -0.25) is 0 Å². The van der Waals surface area contributed by atoms with Gasteiger partial charge < -0.3 is 8.94 Å². The summed E-state index contributed by atoms with van der Waals surface area (Å²) in [7, 11) is 0. The molecule has 0 saturated carbocycles. The molecule has 0 fully saturated rings. The molecule has 4 rings (SSSR count). The molecule has 3 heterocycles. The third-order valence-corrected chi connectivity index (χ3v) is 3.40. The summed E-state index contributed by atoms with van der Waals surface area (Å²) in [6.07, 6.45) is 1.58. The molecule has 0 N–H and O–H groups in total. The van der Waals surface area contributed by atoms with Crippen LogP contribution in [0.2, 0.25) is 5.02 Å². The second-order valence-electron chi connectivity index (χ2n) is 4.81. The van der Waals surface area contributed by atoms with E-state index in [1.165, 1.54) is 4.80 Å². The second-order valence-corrected chi connectivity index (χ2v) is 5.25. The van der Waals surface area contributed by atoms with Gasteiger partial charge in [0.25, 0.3) is 0 Å². The minimum Gasteiger partial charge on any atom is -0.461 e. The summed E-state index contributed by atoms with van der Waals surface area (Å²) in [5.74, 6) is 1.68. The quantitative estimate of drug-likeness (QED) is 0.572. The fourth-order valence-corrected chi connectivity index (χ4v) is 2.31. The number of tetrazole rings is 1. The lowest BCUT2D eigenvalue weighted by atomic mass is 10.2. The van der Waals surface area contributed by atoms with E-state index < -0.39 is 0 Å². The zero-order valence-corrected chi connectivity index (χ0v) is 12.5. The summed E-state index contributed by atoms with van der Waals surface area (Å²) in [6, 6.07) is 12.7. The van der Waals surface area contributed by atoms with Crippen LogP contribution in [0.3, 0.4) is 0 Å². The number of furan rings is 1. The van der Waals surface area contributed by atoms with Crippen LogP contribution in [0.15, 0.2) is 57.7 Å². The highest BCUT2D eigenvalue weighted by atomic mass is 35.5. The van der Waals surface area contributed by atoms with Crippen molar-refractivity contribution in [3.63, 3.8) is 0 Å². The first kappa shape index (κ1) is 13.7. The molecule has 0 bridgehead atoms. The fourth-order valence-electron chi connectivity index (χ4n) is 2.12. The van der Waals surface area contributed by atoms with Crippen LogP contribution in [-0.2, 0) is 6.54 Å². The molecular weight excluding hydrogens is 318 g/mol. The second kappa shape index (κ2) is 5.69. The first-order chi connectivity index (χ1) is 11.3. The Morgan fingerprint density at radius 3 is 2.87 bits per heavy atom. The molecule has 0 aliphatic heterocycles. The van der Waals surface area contributed by atoms with Crippen LogP contribution in [0, 0.1) is 0 Å². The Hall–Kier alpha value is -2.93. The third kappa shape index (κ3) is 2.86. The van der Waals surface area contributed by atoms with Crippen LogP contribution in [0.1, 0.15) is 5.69 Å². The summed E-state index contributed by atoms with van der Waals surface area (Å²) in [4.78, 5) is 1.44. The number of rotatable bonds is 4. The maximum atomic E-state index is 5.97. The highest BCUT2D eigenvalue weighted by molar-refractivity contribution is 6.30. The predicted molar refractivity (Wildman–Crippen MR) is 81.6 cm³/mol. The van der Waals surface area contributed by atoms with Crippen molar-refractivity contribution >= 4 is 11.6 Å². The number of nitrogens with zero attached hydrogens (tertiary/aromatic N) is 5. The van der Waals surface area contributed by atoms with Crippen molar-refractivity contribution in [2.75, 3.05) is 0 Å². The van der Waals surface area contributed by atoms with Gasteiger partial charge >= 0.3 is 0 Å². The first-order valence-electron chi connectivity index (χ1n) is 6.81. The van der Waals surface area contributed by atoms with Crippen LogP contribution < -0.4 is 0 Å². The maximum Gasteiger partial charge on any atom is 0.204 e. The monoisotopic (exact) mass is 327 g/mol. The van der Waals surface area contributed by atoms with Crippen LogP contribution in [0.4, 0.5) is 0 Å². The molecule has 0 amide bonds. The molecule has 0 radical (unpaired) electrons. The average Bonchev–Trinajstić information content (AvgIpc) is 3.29. The molecule has 7 nitrogen and oxygen atoms in total. The van der Waals surface area contributed by atoms with Crippen molar-refractivity contribution in [2.24, 2.45) is 0 Å². The Labute approximate surface area is 135 Å². The highest BCUT2D eigenvalue weighted by Gasteiger charge is 2.12. The van der Waals surface area contributed by atoms with E-state index in [2.05, 4.69) is 20.6 Å². The Morgan fingerprint density at radius 2 is 2.04 bits per heavy atom. The van der Waals surface area contributed by atoms with Gasteiger partial charge in [-0.05, 0) is 29.5 Å². The zero-order chi connectivity index (χ0) is 15.6. The van der Waals surface area contributed by atoms with Gasteiger partial charge in [0.1, 0.15) is 12.2 Å². The van der Waals surface area contributed by atoms with E-state index >= 15 is 0 Å². The van der Waals surface area contributed by atoms with Crippen molar-refractivity contribution in [2.45, 2.75) is 6.54 Å².